The molecule has 2 rings (SSSR count). The molecule has 2 heterocycles. The number of aryl methyl sites for hydroxylation is 1. The van der Waals surface area contributed by atoms with Gasteiger partial charge >= 0.3 is 0 Å². The van der Waals surface area contributed by atoms with Crippen LogP contribution in [-0.2, 0) is 11.3 Å². The highest BCUT2D eigenvalue weighted by atomic mass is 32.1. The summed E-state index contributed by atoms with van der Waals surface area (Å²) in [7, 11) is 2.19. The van der Waals surface area contributed by atoms with E-state index >= 15 is 0 Å². The average Bonchev–Trinajstić information content (AvgIpc) is 2.99. The Morgan fingerprint density at radius 1 is 1.52 bits per heavy atom. The summed E-state index contributed by atoms with van der Waals surface area (Å²) in [6.45, 7) is 12.5. The lowest BCUT2D eigenvalue weighted by Gasteiger charge is -2.32. The van der Waals surface area contributed by atoms with Crippen LogP contribution in [0.5, 0.6) is 0 Å². The van der Waals surface area contributed by atoms with Crippen molar-refractivity contribution in [1.29, 1.82) is 0 Å². The first kappa shape index (κ1) is 16.9. The number of nitrogens with zero attached hydrogens (tertiary/aromatic N) is 2. The molecule has 4 nitrogen and oxygen atoms in total. The fourth-order valence-electron chi connectivity index (χ4n) is 2.98. The second-order valence-corrected chi connectivity index (χ2v) is 7.92. The summed E-state index contributed by atoms with van der Waals surface area (Å²) in [5.41, 5.74) is 1.44. The second kappa shape index (κ2) is 7.68. The molecule has 1 aliphatic heterocycles. The van der Waals surface area contributed by atoms with Gasteiger partial charge < -0.3 is 10.1 Å². The van der Waals surface area contributed by atoms with Crippen molar-refractivity contribution < 1.29 is 4.74 Å². The standard InChI is InChI=1S/C16H29N3OS/c1-13(2)7-17-10-16(5-6-20-12-16)11-19(4)8-15-9-21-14(3)18-15/h9,13,17H,5-8,10-12H2,1-4H3. The Morgan fingerprint density at radius 3 is 2.90 bits per heavy atom. The smallest absolute Gasteiger partial charge is 0.0897 e. The van der Waals surface area contributed by atoms with E-state index in [0.717, 1.165) is 50.8 Å². The minimum absolute atomic E-state index is 0.259. The average molecular weight is 311 g/mol. The first-order chi connectivity index (χ1) is 9.99. The molecule has 1 aliphatic rings. The van der Waals surface area contributed by atoms with Gasteiger partial charge in [-0.05, 0) is 32.9 Å². The molecule has 0 aromatic carbocycles. The fourth-order valence-corrected chi connectivity index (χ4v) is 3.59. The van der Waals surface area contributed by atoms with Gasteiger partial charge in [-0.1, -0.05) is 13.8 Å². The highest BCUT2D eigenvalue weighted by molar-refractivity contribution is 7.09. The van der Waals surface area contributed by atoms with E-state index in [2.05, 4.69) is 48.4 Å². The predicted molar refractivity (Wildman–Crippen MR) is 88.8 cm³/mol. The molecule has 5 heteroatoms. The van der Waals surface area contributed by atoms with Crippen LogP contribution in [0.25, 0.3) is 0 Å². The van der Waals surface area contributed by atoms with Crippen LogP contribution in [0.3, 0.4) is 0 Å². The van der Waals surface area contributed by atoms with Gasteiger partial charge in [0.1, 0.15) is 0 Å². The van der Waals surface area contributed by atoms with Gasteiger partial charge in [-0.2, -0.15) is 0 Å². The SMILES string of the molecule is Cc1nc(CN(C)CC2(CNCC(C)C)CCOC2)cs1. The van der Waals surface area contributed by atoms with E-state index in [0.29, 0.717) is 5.92 Å². The molecule has 1 aromatic heterocycles. The summed E-state index contributed by atoms with van der Waals surface area (Å²) in [6, 6.07) is 0. The van der Waals surface area contributed by atoms with Crippen molar-refractivity contribution >= 4 is 11.3 Å². The Balaban J connectivity index is 1.86. The van der Waals surface area contributed by atoms with Crippen molar-refractivity contribution in [2.45, 2.75) is 33.7 Å². The minimum atomic E-state index is 0.259. The number of thiazole rings is 1. The van der Waals surface area contributed by atoms with Crippen LogP contribution in [0.1, 0.15) is 31.0 Å². The van der Waals surface area contributed by atoms with Gasteiger partial charge in [0.05, 0.1) is 17.3 Å². The van der Waals surface area contributed by atoms with Crippen molar-refractivity contribution in [3.63, 3.8) is 0 Å². The van der Waals surface area contributed by atoms with Crippen molar-refractivity contribution in [2.24, 2.45) is 11.3 Å². The van der Waals surface area contributed by atoms with E-state index in [1.165, 1.54) is 5.69 Å². The molecule has 0 spiro atoms. The number of hydrogen-bond acceptors (Lipinski definition) is 5. The molecule has 0 amide bonds. The van der Waals surface area contributed by atoms with Gasteiger partial charge in [-0.3, -0.25) is 4.90 Å². The maximum Gasteiger partial charge on any atom is 0.0897 e. The number of rotatable bonds is 8. The third-order valence-corrected chi connectivity index (χ3v) is 4.76. The predicted octanol–water partition coefficient (Wildman–Crippen LogP) is 2.54. The van der Waals surface area contributed by atoms with Crippen molar-refractivity contribution in [3.8, 4) is 0 Å². The molecule has 120 valence electrons. The van der Waals surface area contributed by atoms with E-state index in [-0.39, 0.29) is 5.41 Å². The molecule has 0 radical (unpaired) electrons. The molecule has 1 saturated heterocycles. The number of hydrogen-bond donors (Lipinski definition) is 1. The quantitative estimate of drug-likeness (QED) is 0.800. The highest BCUT2D eigenvalue weighted by Crippen LogP contribution is 2.29. The van der Waals surface area contributed by atoms with Crippen LogP contribution in [0, 0.1) is 18.3 Å². The first-order valence-electron chi connectivity index (χ1n) is 7.87. The topological polar surface area (TPSA) is 37.4 Å². The Bertz CT molecular complexity index is 427. The Labute approximate surface area is 132 Å². The molecular formula is C16H29N3OS. The Hall–Kier alpha value is -0.490. The lowest BCUT2D eigenvalue weighted by atomic mass is 9.86. The molecule has 1 atom stereocenters. The lowest BCUT2D eigenvalue weighted by molar-refractivity contribution is 0.115. The summed E-state index contributed by atoms with van der Waals surface area (Å²) in [5, 5.41) is 6.94. The van der Waals surface area contributed by atoms with Crippen LogP contribution in [0.4, 0.5) is 0 Å². The lowest BCUT2D eigenvalue weighted by Crippen LogP contribution is -2.44. The van der Waals surface area contributed by atoms with Gasteiger partial charge in [0.2, 0.25) is 0 Å². The number of nitrogens with one attached hydrogen (secondary N) is 1. The molecule has 1 aromatic rings. The van der Waals surface area contributed by atoms with Gasteiger partial charge in [-0.15, -0.1) is 11.3 Å². The monoisotopic (exact) mass is 311 g/mol. The molecular weight excluding hydrogens is 282 g/mol. The summed E-state index contributed by atoms with van der Waals surface area (Å²) in [4.78, 5) is 6.95. The van der Waals surface area contributed by atoms with Crippen LogP contribution >= 0.6 is 11.3 Å². The minimum Gasteiger partial charge on any atom is -0.381 e. The summed E-state index contributed by atoms with van der Waals surface area (Å²) >= 11 is 1.73. The largest absolute Gasteiger partial charge is 0.381 e. The highest BCUT2D eigenvalue weighted by Gasteiger charge is 2.35. The molecule has 0 saturated carbocycles. The molecule has 0 bridgehead atoms. The van der Waals surface area contributed by atoms with E-state index in [1.54, 1.807) is 11.3 Å². The zero-order valence-electron chi connectivity index (χ0n) is 13.8. The first-order valence-corrected chi connectivity index (χ1v) is 8.75. The van der Waals surface area contributed by atoms with E-state index in [4.69, 9.17) is 4.74 Å². The van der Waals surface area contributed by atoms with Crippen molar-refractivity contribution in [2.75, 3.05) is 39.9 Å². The van der Waals surface area contributed by atoms with E-state index < -0.39 is 0 Å². The molecule has 1 unspecified atom stereocenters. The fraction of sp³-hybridized carbons (Fsp3) is 0.812. The summed E-state index contributed by atoms with van der Waals surface area (Å²) in [5.74, 6) is 0.695. The second-order valence-electron chi connectivity index (χ2n) is 6.86. The molecule has 1 fully saturated rings. The molecule has 0 aliphatic carbocycles. The van der Waals surface area contributed by atoms with E-state index in [1.807, 2.05) is 0 Å². The zero-order chi connectivity index (χ0) is 15.3. The van der Waals surface area contributed by atoms with Gasteiger partial charge in [-0.25, -0.2) is 4.98 Å². The maximum atomic E-state index is 5.69. The van der Waals surface area contributed by atoms with Gasteiger partial charge in [0.15, 0.2) is 0 Å². The van der Waals surface area contributed by atoms with Crippen molar-refractivity contribution in [1.82, 2.24) is 15.2 Å². The number of aromatic nitrogens is 1. The Morgan fingerprint density at radius 2 is 2.33 bits per heavy atom. The normalized spacial score (nSPS) is 22.6. The summed E-state index contributed by atoms with van der Waals surface area (Å²) in [6.07, 6.45) is 1.15. The van der Waals surface area contributed by atoms with Crippen LogP contribution in [0.2, 0.25) is 0 Å². The maximum absolute atomic E-state index is 5.69. The molecule has 1 N–H and O–H groups in total. The van der Waals surface area contributed by atoms with Crippen LogP contribution in [-0.4, -0.2) is 49.8 Å². The molecule has 21 heavy (non-hydrogen) atoms. The van der Waals surface area contributed by atoms with Crippen LogP contribution in [0.15, 0.2) is 5.38 Å². The third kappa shape index (κ3) is 5.33. The van der Waals surface area contributed by atoms with Crippen LogP contribution < -0.4 is 5.32 Å². The Kier molecular flexibility index (Phi) is 6.17. The van der Waals surface area contributed by atoms with Crippen molar-refractivity contribution in [3.05, 3.63) is 16.1 Å². The van der Waals surface area contributed by atoms with E-state index in [9.17, 15) is 0 Å². The number of ether oxygens (including phenoxy) is 1. The zero-order valence-corrected chi connectivity index (χ0v) is 14.6. The summed E-state index contributed by atoms with van der Waals surface area (Å²) < 4.78 is 5.69. The van der Waals surface area contributed by atoms with Gasteiger partial charge in [0, 0.05) is 37.0 Å². The third-order valence-electron chi connectivity index (χ3n) is 3.94. The van der Waals surface area contributed by atoms with Gasteiger partial charge in [0.25, 0.3) is 0 Å².